The van der Waals surface area contributed by atoms with E-state index < -0.39 is 0 Å². The number of halogens is 2. The molecule has 0 radical (unpaired) electrons. The lowest BCUT2D eigenvalue weighted by Crippen LogP contribution is -1.98. The summed E-state index contributed by atoms with van der Waals surface area (Å²) in [5.74, 6) is 1.38. The average molecular weight is 409 g/mol. The van der Waals surface area contributed by atoms with Gasteiger partial charge in [-0.1, -0.05) is 41.4 Å². The van der Waals surface area contributed by atoms with Crippen LogP contribution >= 0.6 is 23.2 Å². The molecule has 0 bridgehead atoms. The number of anilines is 2. The van der Waals surface area contributed by atoms with E-state index in [4.69, 9.17) is 28.2 Å². The van der Waals surface area contributed by atoms with Crippen molar-refractivity contribution in [2.75, 3.05) is 5.32 Å². The average Bonchev–Trinajstić information content (AvgIpc) is 3.27. The van der Waals surface area contributed by atoms with E-state index in [0.29, 0.717) is 21.6 Å². The molecular weight excluding hydrogens is 395 g/mol. The summed E-state index contributed by atoms with van der Waals surface area (Å²) in [6.07, 6.45) is 3.51. The van der Waals surface area contributed by atoms with Gasteiger partial charge in [0.2, 0.25) is 0 Å². The summed E-state index contributed by atoms with van der Waals surface area (Å²) >= 11 is 12.5. The number of fused-ring (bicyclic) bond motifs is 2. The summed E-state index contributed by atoms with van der Waals surface area (Å²) in [5.41, 5.74) is 4.23. The highest BCUT2D eigenvalue weighted by Gasteiger charge is 2.18. The molecule has 5 aromatic rings. The lowest BCUT2D eigenvalue weighted by molar-refractivity contribution is 0.944. The largest absolute Gasteiger partial charge is 0.338 e. The van der Waals surface area contributed by atoms with E-state index in [-0.39, 0.29) is 0 Å². The molecule has 2 aromatic carbocycles. The van der Waals surface area contributed by atoms with Gasteiger partial charge in [-0.3, -0.25) is 0 Å². The first kappa shape index (κ1) is 17.0. The minimum Gasteiger partial charge on any atom is -0.338 e. The number of benzene rings is 2. The maximum Gasteiger partial charge on any atom is 0.145 e. The van der Waals surface area contributed by atoms with Crippen LogP contribution in [-0.4, -0.2) is 24.5 Å². The summed E-state index contributed by atoms with van der Waals surface area (Å²) in [6, 6.07) is 13.3. The summed E-state index contributed by atoms with van der Waals surface area (Å²) in [7, 11) is 1.94. The molecule has 28 heavy (non-hydrogen) atoms. The molecule has 0 aliphatic carbocycles. The summed E-state index contributed by atoms with van der Waals surface area (Å²) in [4.78, 5) is 17.0. The Labute approximate surface area is 170 Å². The highest BCUT2D eigenvalue weighted by Crippen LogP contribution is 2.36. The Morgan fingerprint density at radius 2 is 1.89 bits per heavy atom. The Morgan fingerprint density at radius 3 is 2.75 bits per heavy atom. The van der Waals surface area contributed by atoms with E-state index >= 15 is 0 Å². The summed E-state index contributed by atoms with van der Waals surface area (Å²) in [6.45, 7) is 0. The number of nitrogens with one attached hydrogen (secondary N) is 2. The fraction of sp³-hybridized carbons (Fsp3) is 0.0500. The SMILES string of the molecule is Cn1cc(-c2nc3ccccc3[nH]2)c2c(Nc3cccc(Cl)c3Cl)ncnc21. The molecule has 0 fully saturated rings. The number of rotatable bonds is 3. The summed E-state index contributed by atoms with van der Waals surface area (Å²) < 4.78 is 1.95. The van der Waals surface area contributed by atoms with Gasteiger partial charge in [0.05, 0.1) is 32.2 Å². The number of nitrogens with zero attached hydrogens (tertiary/aromatic N) is 4. The van der Waals surface area contributed by atoms with Crippen molar-refractivity contribution < 1.29 is 0 Å². The number of aromatic nitrogens is 5. The van der Waals surface area contributed by atoms with Crippen LogP contribution < -0.4 is 5.32 Å². The van der Waals surface area contributed by atoms with Crippen molar-refractivity contribution in [3.8, 4) is 11.4 Å². The van der Waals surface area contributed by atoms with Gasteiger partial charge in [-0.15, -0.1) is 0 Å². The van der Waals surface area contributed by atoms with E-state index in [0.717, 1.165) is 33.5 Å². The van der Waals surface area contributed by atoms with Crippen molar-refractivity contribution in [2.45, 2.75) is 0 Å². The smallest absolute Gasteiger partial charge is 0.145 e. The van der Waals surface area contributed by atoms with Gasteiger partial charge in [-0.2, -0.15) is 0 Å². The second kappa shape index (κ2) is 6.51. The first-order chi connectivity index (χ1) is 13.6. The molecule has 0 aliphatic rings. The third-order valence-electron chi connectivity index (χ3n) is 4.60. The van der Waals surface area contributed by atoms with Crippen LogP contribution in [0.5, 0.6) is 0 Å². The van der Waals surface area contributed by atoms with Gasteiger partial charge in [-0.25, -0.2) is 15.0 Å². The fourth-order valence-electron chi connectivity index (χ4n) is 3.29. The van der Waals surface area contributed by atoms with Gasteiger partial charge < -0.3 is 14.9 Å². The van der Waals surface area contributed by atoms with E-state index in [1.54, 1.807) is 6.07 Å². The van der Waals surface area contributed by atoms with Gasteiger partial charge in [0.25, 0.3) is 0 Å². The molecule has 3 aromatic heterocycles. The summed E-state index contributed by atoms with van der Waals surface area (Å²) in [5, 5.41) is 5.05. The zero-order chi connectivity index (χ0) is 19.3. The second-order valence-corrected chi connectivity index (χ2v) is 7.19. The Morgan fingerprint density at radius 1 is 1.04 bits per heavy atom. The normalized spacial score (nSPS) is 11.4. The van der Waals surface area contributed by atoms with Crippen LogP contribution in [0.15, 0.2) is 55.0 Å². The molecule has 5 rings (SSSR count). The van der Waals surface area contributed by atoms with Gasteiger partial charge in [0.15, 0.2) is 0 Å². The first-order valence-electron chi connectivity index (χ1n) is 8.58. The molecule has 138 valence electrons. The van der Waals surface area contributed by atoms with Crippen LogP contribution in [0.3, 0.4) is 0 Å². The number of aromatic amines is 1. The predicted octanol–water partition coefficient (Wildman–Crippen LogP) is 5.56. The first-order valence-corrected chi connectivity index (χ1v) is 9.33. The van der Waals surface area contributed by atoms with Crippen LogP contribution in [0.1, 0.15) is 0 Å². The van der Waals surface area contributed by atoms with Gasteiger partial charge in [0.1, 0.15) is 23.6 Å². The van der Waals surface area contributed by atoms with E-state index in [1.807, 2.05) is 54.2 Å². The van der Waals surface area contributed by atoms with E-state index in [1.165, 1.54) is 6.33 Å². The van der Waals surface area contributed by atoms with Crippen LogP contribution in [-0.2, 0) is 7.05 Å². The molecular formula is C20H14Cl2N6. The Bertz CT molecular complexity index is 1300. The topological polar surface area (TPSA) is 71.4 Å². The van der Waals surface area contributed by atoms with Crippen molar-refractivity contribution in [3.05, 3.63) is 65.0 Å². The Hall–Kier alpha value is -3.09. The standard InChI is InChI=1S/C20H14Cl2N6/c1-28-9-11(18-25-13-6-2-3-7-14(13)26-18)16-19(23-10-24-20(16)28)27-15-8-4-5-12(21)17(15)22/h2-10H,1H3,(H,25,26)(H,23,24,27). The molecule has 8 heteroatoms. The number of H-pyrrole nitrogens is 1. The number of hydrogen-bond donors (Lipinski definition) is 2. The fourth-order valence-corrected chi connectivity index (χ4v) is 3.64. The Kier molecular flexibility index (Phi) is 3.96. The number of aryl methyl sites for hydroxylation is 1. The third-order valence-corrected chi connectivity index (χ3v) is 5.42. The van der Waals surface area contributed by atoms with Gasteiger partial charge in [-0.05, 0) is 24.3 Å². The highest BCUT2D eigenvalue weighted by atomic mass is 35.5. The molecule has 6 nitrogen and oxygen atoms in total. The Balaban J connectivity index is 1.71. The van der Waals surface area contributed by atoms with Crippen LogP contribution in [0.4, 0.5) is 11.5 Å². The lowest BCUT2D eigenvalue weighted by atomic mass is 10.2. The maximum atomic E-state index is 6.35. The minimum absolute atomic E-state index is 0.442. The molecule has 0 saturated heterocycles. The van der Waals surface area contributed by atoms with Gasteiger partial charge >= 0.3 is 0 Å². The van der Waals surface area contributed by atoms with Crippen molar-refractivity contribution in [2.24, 2.45) is 7.05 Å². The van der Waals surface area contributed by atoms with Crippen molar-refractivity contribution in [1.82, 2.24) is 24.5 Å². The molecule has 0 saturated carbocycles. The predicted molar refractivity (Wildman–Crippen MR) is 113 cm³/mol. The van der Waals surface area contributed by atoms with E-state index in [2.05, 4.69) is 20.3 Å². The third kappa shape index (κ3) is 2.69. The second-order valence-electron chi connectivity index (χ2n) is 6.40. The number of hydrogen-bond acceptors (Lipinski definition) is 4. The molecule has 0 amide bonds. The molecule has 0 aliphatic heterocycles. The molecule has 0 atom stereocenters. The minimum atomic E-state index is 0.442. The van der Waals surface area contributed by atoms with Crippen molar-refractivity contribution in [3.63, 3.8) is 0 Å². The zero-order valence-corrected chi connectivity index (χ0v) is 16.3. The molecule has 3 heterocycles. The number of imidazole rings is 1. The lowest BCUT2D eigenvalue weighted by Gasteiger charge is -2.10. The molecule has 2 N–H and O–H groups in total. The highest BCUT2D eigenvalue weighted by molar-refractivity contribution is 6.43. The quantitative estimate of drug-likeness (QED) is 0.409. The van der Waals surface area contributed by atoms with Crippen LogP contribution in [0.2, 0.25) is 10.0 Å². The maximum absolute atomic E-state index is 6.35. The van der Waals surface area contributed by atoms with Crippen LogP contribution in [0.25, 0.3) is 33.5 Å². The zero-order valence-electron chi connectivity index (χ0n) is 14.7. The van der Waals surface area contributed by atoms with Gasteiger partial charge in [0, 0.05) is 18.8 Å². The molecule has 0 spiro atoms. The van der Waals surface area contributed by atoms with Crippen LogP contribution in [0, 0.1) is 0 Å². The monoisotopic (exact) mass is 408 g/mol. The number of para-hydroxylation sites is 2. The van der Waals surface area contributed by atoms with Crippen molar-refractivity contribution in [1.29, 1.82) is 0 Å². The van der Waals surface area contributed by atoms with Crippen molar-refractivity contribution >= 4 is 56.8 Å². The van der Waals surface area contributed by atoms with E-state index in [9.17, 15) is 0 Å². The molecule has 0 unspecified atom stereocenters.